The molecule has 1 amide bonds. The minimum absolute atomic E-state index is 0.0384. The van der Waals surface area contributed by atoms with Crippen LogP contribution in [0.5, 0.6) is 17.2 Å². The van der Waals surface area contributed by atoms with Gasteiger partial charge in [0.15, 0.2) is 11.5 Å². The summed E-state index contributed by atoms with van der Waals surface area (Å²) in [6.07, 6.45) is 0. The summed E-state index contributed by atoms with van der Waals surface area (Å²) >= 11 is 0. The maximum atomic E-state index is 12.3. The number of benzene rings is 2. The third kappa shape index (κ3) is 4.81. The highest BCUT2D eigenvalue weighted by Crippen LogP contribution is 2.38. The van der Waals surface area contributed by atoms with E-state index in [-0.39, 0.29) is 19.0 Å². The molecule has 0 spiro atoms. The lowest BCUT2D eigenvalue weighted by atomic mass is 10.1. The van der Waals surface area contributed by atoms with E-state index in [1.165, 1.54) is 11.9 Å². The van der Waals surface area contributed by atoms with Crippen molar-refractivity contribution < 1.29 is 19.0 Å². The molecule has 0 unspecified atom stereocenters. The van der Waals surface area contributed by atoms with E-state index in [0.29, 0.717) is 23.1 Å². The first-order chi connectivity index (χ1) is 14.0. The van der Waals surface area contributed by atoms with Crippen LogP contribution in [0.1, 0.15) is 11.1 Å². The Hall–Kier alpha value is -3.62. The van der Waals surface area contributed by atoms with Crippen molar-refractivity contribution in [2.75, 3.05) is 21.3 Å². The number of rotatable bonds is 8. The molecule has 9 heteroatoms. The Labute approximate surface area is 168 Å². The van der Waals surface area contributed by atoms with Crippen molar-refractivity contribution in [1.29, 1.82) is 0 Å². The zero-order valence-corrected chi connectivity index (χ0v) is 16.8. The largest absolute Gasteiger partial charge is 0.493 e. The monoisotopic (exact) mass is 397 g/mol. The molecule has 0 saturated heterocycles. The lowest BCUT2D eigenvalue weighted by Gasteiger charge is -2.14. The van der Waals surface area contributed by atoms with Crippen molar-refractivity contribution in [1.82, 2.24) is 25.5 Å². The van der Waals surface area contributed by atoms with Crippen molar-refractivity contribution in [2.45, 2.75) is 20.0 Å². The van der Waals surface area contributed by atoms with Crippen LogP contribution in [0.2, 0.25) is 0 Å². The Kier molecular flexibility index (Phi) is 6.28. The van der Waals surface area contributed by atoms with Gasteiger partial charge in [0.05, 0.1) is 21.3 Å². The second-order valence-electron chi connectivity index (χ2n) is 6.32. The molecule has 0 bridgehead atoms. The van der Waals surface area contributed by atoms with E-state index in [1.807, 2.05) is 31.2 Å². The topological polar surface area (TPSA) is 100 Å². The van der Waals surface area contributed by atoms with E-state index in [0.717, 1.165) is 16.7 Å². The molecule has 0 saturated carbocycles. The molecule has 1 aromatic heterocycles. The number of tetrazole rings is 1. The number of methoxy groups -OCH3 is 3. The smallest absolute Gasteiger partial charge is 0.243 e. The van der Waals surface area contributed by atoms with Crippen LogP contribution in [-0.2, 0) is 17.9 Å². The highest BCUT2D eigenvalue weighted by molar-refractivity contribution is 5.75. The number of ether oxygens (including phenoxy) is 3. The van der Waals surface area contributed by atoms with Gasteiger partial charge in [0.25, 0.3) is 0 Å². The predicted octanol–water partition coefficient (Wildman–Crippen LogP) is 1.99. The molecule has 0 atom stereocenters. The minimum atomic E-state index is -0.244. The molecule has 29 heavy (non-hydrogen) atoms. The van der Waals surface area contributed by atoms with Gasteiger partial charge in [-0.15, -0.1) is 10.2 Å². The highest BCUT2D eigenvalue weighted by atomic mass is 16.5. The van der Waals surface area contributed by atoms with E-state index >= 15 is 0 Å². The van der Waals surface area contributed by atoms with Crippen molar-refractivity contribution in [3.8, 4) is 28.6 Å². The first-order valence-corrected chi connectivity index (χ1v) is 8.94. The number of carbonyl (C=O) groups excluding carboxylic acids is 1. The fourth-order valence-electron chi connectivity index (χ4n) is 2.75. The van der Waals surface area contributed by atoms with E-state index in [1.54, 1.807) is 26.4 Å². The summed E-state index contributed by atoms with van der Waals surface area (Å²) in [6.45, 7) is 2.25. The van der Waals surface area contributed by atoms with E-state index in [2.05, 4.69) is 20.7 Å². The van der Waals surface area contributed by atoms with Crippen molar-refractivity contribution in [3.05, 3.63) is 47.5 Å². The number of carbonyl (C=O) groups is 1. The van der Waals surface area contributed by atoms with Gasteiger partial charge >= 0.3 is 0 Å². The number of hydrogen-bond donors (Lipinski definition) is 1. The molecule has 1 heterocycles. The molecule has 3 aromatic rings. The number of amides is 1. The zero-order valence-electron chi connectivity index (χ0n) is 16.8. The summed E-state index contributed by atoms with van der Waals surface area (Å²) in [5.74, 6) is 1.78. The number of aryl methyl sites for hydroxylation is 1. The van der Waals surface area contributed by atoms with Crippen LogP contribution < -0.4 is 19.5 Å². The van der Waals surface area contributed by atoms with Gasteiger partial charge in [0.1, 0.15) is 6.54 Å². The third-order valence-corrected chi connectivity index (χ3v) is 4.26. The fourth-order valence-corrected chi connectivity index (χ4v) is 2.75. The molecule has 0 radical (unpaired) electrons. The van der Waals surface area contributed by atoms with Gasteiger partial charge in [-0.2, -0.15) is 4.80 Å². The summed E-state index contributed by atoms with van der Waals surface area (Å²) in [7, 11) is 4.63. The van der Waals surface area contributed by atoms with Gasteiger partial charge < -0.3 is 19.5 Å². The summed E-state index contributed by atoms with van der Waals surface area (Å²) in [5, 5.41) is 15.0. The van der Waals surface area contributed by atoms with Crippen LogP contribution in [0.4, 0.5) is 0 Å². The first kappa shape index (κ1) is 20.1. The third-order valence-electron chi connectivity index (χ3n) is 4.26. The first-order valence-electron chi connectivity index (χ1n) is 8.94. The van der Waals surface area contributed by atoms with Gasteiger partial charge in [-0.25, -0.2) is 0 Å². The van der Waals surface area contributed by atoms with Crippen LogP contribution in [-0.4, -0.2) is 47.4 Å². The molecule has 0 aliphatic carbocycles. The number of hydrogen-bond acceptors (Lipinski definition) is 7. The minimum Gasteiger partial charge on any atom is -0.493 e. The van der Waals surface area contributed by atoms with Gasteiger partial charge in [-0.1, -0.05) is 29.8 Å². The highest BCUT2D eigenvalue weighted by Gasteiger charge is 2.14. The zero-order chi connectivity index (χ0) is 20.8. The quantitative estimate of drug-likeness (QED) is 0.620. The molecular weight excluding hydrogens is 374 g/mol. The molecule has 3 rings (SSSR count). The number of nitrogens with one attached hydrogen (secondary N) is 1. The molecule has 152 valence electrons. The maximum Gasteiger partial charge on any atom is 0.243 e. The van der Waals surface area contributed by atoms with Crippen LogP contribution in [0.15, 0.2) is 36.4 Å². The fraction of sp³-hybridized carbons (Fsp3) is 0.300. The van der Waals surface area contributed by atoms with Crippen molar-refractivity contribution in [3.63, 3.8) is 0 Å². The summed E-state index contributed by atoms with van der Waals surface area (Å²) in [4.78, 5) is 13.5. The van der Waals surface area contributed by atoms with Crippen molar-refractivity contribution in [2.24, 2.45) is 0 Å². The Morgan fingerprint density at radius 3 is 2.28 bits per heavy atom. The maximum absolute atomic E-state index is 12.3. The second-order valence-corrected chi connectivity index (χ2v) is 6.32. The van der Waals surface area contributed by atoms with Gasteiger partial charge in [-0.3, -0.25) is 4.79 Å². The number of nitrogens with zero attached hydrogens (tertiary/aromatic N) is 4. The Balaban J connectivity index is 1.62. The van der Waals surface area contributed by atoms with Crippen molar-refractivity contribution >= 4 is 5.91 Å². The van der Waals surface area contributed by atoms with Crippen LogP contribution in [0.25, 0.3) is 11.4 Å². The lowest BCUT2D eigenvalue weighted by molar-refractivity contribution is -0.122. The van der Waals surface area contributed by atoms with Gasteiger partial charge in [-0.05, 0) is 29.8 Å². The average Bonchev–Trinajstić information content (AvgIpc) is 3.20. The Morgan fingerprint density at radius 1 is 1.03 bits per heavy atom. The Bertz CT molecular complexity index is 960. The summed E-state index contributed by atoms with van der Waals surface area (Å²) < 4.78 is 15.9. The molecule has 0 aliphatic rings. The molecular formula is C20H23N5O4. The second kappa shape index (κ2) is 9.05. The van der Waals surface area contributed by atoms with Gasteiger partial charge in [0.2, 0.25) is 17.5 Å². The normalized spacial score (nSPS) is 10.5. The SMILES string of the molecule is COc1cc(CNC(=O)Cn2nnc(-c3ccc(C)cc3)n2)cc(OC)c1OC. The molecule has 1 N–H and O–H groups in total. The Morgan fingerprint density at radius 2 is 1.69 bits per heavy atom. The molecule has 0 fully saturated rings. The van der Waals surface area contributed by atoms with E-state index in [4.69, 9.17) is 14.2 Å². The molecule has 9 nitrogen and oxygen atoms in total. The predicted molar refractivity (Wildman–Crippen MR) is 106 cm³/mol. The molecule has 0 aliphatic heterocycles. The van der Waals surface area contributed by atoms with Crippen LogP contribution in [0.3, 0.4) is 0 Å². The summed E-state index contributed by atoms with van der Waals surface area (Å²) in [6, 6.07) is 11.3. The van der Waals surface area contributed by atoms with Gasteiger partial charge in [0, 0.05) is 12.1 Å². The van der Waals surface area contributed by atoms with E-state index in [9.17, 15) is 4.79 Å². The standard InChI is InChI=1S/C20H23N5O4/c1-13-5-7-15(8-6-13)20-22-24-25(23-20)12-18(26)21-11-14-9-16(27-2)19(29-4)17(10-14)28-3/h5-10H,11-12H2,1-4H3,(H,21,26). The summed E-state index contributed by atoms with van der Waals surface area (Å²) in [5.41, 5.74) is 2.80. The lowest BCUT2D eigenvalue weighted by Crippen LogP contribution is -2.28. The van der Waals surface area contributed by atoms with Crippen LogP contribution >= 0.6 is 0 Å². The number of aromatic nitrogens is 4. The average molecular weight is 397 g/mol. The van der Waals surface area contributed by atoms with Crippen LogP contribution in [0, 0.1) is 6.92 Å². The molecule has 2 aromatic carbocycles. The van der Waals surface area contributed by atoms with E-state index < -0.39 is 0 Å².